The highest BCUT2D eigenvalue weighted by Crippen LogP contribution is 2.25. The van der Waals surface area contributed by atoms with E-state index < -0.39 is 34.7 Å². The highest BCUT2D eigenvalue weighted by Gasteiger charge is 2.27. The Hall–Kier alpha value is -3.47. The molecule has 0 saturated heterocycles. The first-order chi connectivity index (χ1) is 13.2. The monoisotopic (exact) mass is 386 g/mol. The number of benzene rings is 1. The van der Waals surface area contributed by atoms with Crippen LogP contribution in [0.25, 0.3) is 10.9 Å². The summed E-state index contributed by atoms with van der Waals surface area (Å²) in [6, 6.07) is 3.80. The molecule has 8 heteroatoms. The Morgan fingerprint density at radius 1 is 1.39 bits per heavy atom. The number of ether oxygens (including phenoxy) is 1. The highest BCUT2D eigenvalue weighted by atomic mass is 19.1. The number of nitrogens with zero attached hydrogens (tertiary/aromatic N) is 2. The van der Waals surface area contributed by atoms with Gasteiger partial charge in [-0.3, -0.25) is 9.59 Å². The van der Waals surface area contributed by atoms with Gasteiger partial charge in [0, 0.05) is 23.7 Å². The van der Waals surface area contributed by atoms with Gasteiger partial charge in [-0.15, -0.1) is 0 Å². The van der Waals surface area contributed by atoms with Crippen LogP contribution in [0.3, 0.4) is 0 Å². The van der Waals surface area contributed by atoms with Crippen LogP contribution >= 0.6 is 0 Å². The third-order valence-electron chi connectivity index (χ3n) is 4.09. The molecule has 146 valence electrons. The molecule has 1 N–H and O–H groups in total. The Morgan fingerprint density at radius 3 is 2.61 bits per heavy atom. The molecule has 0 aliphatic carbocycles. The maximum atomic E-state index is 14.6. The molecule has 1 aromatic carbocycles. The van der Waals surface area contributed by atoms with Crippen molar-refractivity contribution in [3.05, 3.63) is 57.1 Å². The summed E-state index contributed by atoms with van der Waals surface area (Å²) in [5.41, 5.74) is -0.405. The van der Waals surface area contributed by atoms with Gasteiger partial charge in [0.1, 0.15) is 11.4 Å². The average Bonchev–Trinajstić information content (AvgIpc) is 2.62. The van der Waals surface area contributed by atoms with Crippen molar-refractivity contribution in [2.75, 3.05) is 6.61 Å². The molecule has 1 unspecified atom stereocenters. The molecule has 0 spiro atoms. The summed E-state index contributed by atoms with van der Waals surface area (Å²) in [5.74, 6) is -4.79. The van der Waals surface area contributed by atoms with Gasteiger partial charge >= 0.3 is 11.9 Å². The van der Waals surface area contributed by atoms with Crippen LogP contribution in [0.4, 0.5) is 4.39 Å². The normalized spacial score (nSPS) is 11.5. The van der Waals surface area contributed by atoms with E-state index in [0.717, 1.165) is 11.6 Å². The number of hydrogen-bond acceptors (Lipinski definition) is 5. The maximum absolute atomic E-state index is 14.6. The number of halogens is 1. The van der Waals surface area contributed by atoms with Crippen LogP contribution in [0.5, 0.6) is 0 Å². The van der Waals surface area contributed by atoms with Gasteiger partial charge in [0.05, 0.1) is 18.2 Å². The minimum atomic E-state index is -1.50. The van der Waals surface area contributed by atoms with Crippen LogP contribution < -0.4 is 5.43 Å². The molecule has 28 heavy (non-hydrogen) atoms. The Balaban J connectivity index is 2.82. The first-order valence-electron chi connectivity index (χ1n) is 8.50. The summed E-state index contributed by atoms with van der Waals surface area (Å²) < 4.78 is 20.9. The lowest BCUT2D eigenvalue weighted by Gasteiger charge is -2.15. The van der Waals surface area contributed by atoms with E-state index >= 15 is 0 Å². The largest absolute Gasteiger partial charge is 0.477 e. The molecule has 1 heterocycles. The van der Waals surface area contributed by atoms with Crippen molar-refractivity contribution in [1.82, 2.24) is 4.57 Å². The number of allylic oxidation sites excluding steroid dienone is 2. The minimum absolute atomic E-state index is 0.0272. The van der Waals surface area contributed by atoms with Crippen LogP contribution in [-0.2, 0) is 16.1 Å². The predicted molar refractivity (Wildman–Crippen MR) is 99.5 cm³/mol. The number of aromatic nitrogens is 1. The van der Waals surface area contributed by atoms with Gasteiger partial charge in [0.2, 0.25) is 5.43 Å². The van der Waals surface area contributed by atoms with Crippen molar-refractivity contribution in [2.45, 2.75) is 33.2 Å². The number of carbonyl (C=O) groups excluding carboxylic acids is 1. The van der Waals surface area contributed by atoms with Gasteiger partial charge in [-0.05, 0) is 32.9 Å². The number of nitriles is 1. The number of esters is 1. The second-order valence-corrected chi connectivity index (χ2v) is 6.32. The number of carboxylic acids is 1. The third kappa shape index (κ3) is 4.09. The maximum Gasteiger partial charge on any atom is 0.341 e. The van der Waals surface area contributed by atoms with Gasteiger partial charge in [-0.1, -0.05) is 11.6 Å². The fourth-order valence-corrected chi connectivity index (χ4v) is 2.71. The van der Waals surface area contributed by atoms with Crippen LogP contribution in [0.1, 0.15) is 42.6 Å². The zero-order chi connectivity index (χ0) is 21.0. The van der Waals surface area contributed by atoms with E-state index in [1.54, 1.807) is 19.1 Å². The predicted octanol–water partition coefficient (Wildman–Crippen LogP) is 2.98. The van der Waals surface area contributed by atoms with Crippen molar-refractivity contribution in [1.29, 1.82) is 5.26 Å². The standard InChI is InChI=1S/C20H19FN2O5/c1-4-28-20(27)14(9-22)12-8-17-13(7-16(12)21)18(24)15(19(25)26)10-23(17)6-5-11(2)3/h5,7-8,10,14H,4,6H2,1-3H3,(H,25,26). The lowest BCUT2D eigenvalue weighted by molar-refractivity contribution is -0.143. The molecule has 0 fully saturated rings. The van der Waals surface area contributed by atoms with Gasteiger partial charge in [-0.25, -0.2) is 9.18 Å². The van der Waals surface area contributed by atoms with Gasteiger partial charge in [0.25, 0.3) is 0 Å². The summed E-state index contributed by atoms with van der Waals surface area (Å²) >= 11 is 0. The molecule has 0 bridgehead atoms. The van der Waals surface area contributed by atoms with Crippen molar-refractivity contribution in [3.63, 3.8) is 0 Å². The van der Waals surface area contributed by atoms with Crippen molar-refractivity contribution in [3.8, 4) is 6.07 Å². The lowest BCUT2D eigenvalue weighted by atomic mass is 9.97. The van der Waals surface area contributed by atoms with Crippen LogP contribution in [0, 0.1) is 17.1 Å². The number of carbonyl (C=O) groups is 2. The van der Waals surface area contributed by atoms with Crippen molar-refractivity contribution in [2.24, 2.45) is 0 Å². The molecule has 0 aliphatic heterocycles. The van der Waals surface area contributed by atoms with Crippen molar-refractivity contribution < 1.29 is 23.8 Å². The molecule has 1 aromatic heterocycles. The van der Waals surface area contributed by atoms with Gasteiger partial charge in [0.15, 0.2) is 5.92 Å². The second kappa shape index (κ2) is 8.48. The van der Waals surface area contributed by atoms with Crippen molar-refractivity contribution >= 4 is 22.8 Å². The number of aromatic carboxylic acids is 1. The Morgan fingerprint density at radius 2 is 2.07 bits per heavy atom. The van der Waals surface area contributed by atoms with Gasteiger partial charge < -0.3 is 14.4 Å². The van der Waals surface area contributed by atoms with E-state index in [2.05, 4.69) is 0 Å². The molecular formula is C20H19FN2O5. The molecule has 2 rings (SSSR count). The van der Waals surface area contributed by atoms with E-state index in [0.29, 0.717) is 0 Å². The molecule has 1 atom stereocenters. The summed E-state index contributed by atoms with van der Waals surface area (Å²) in [7, 11) is 0. The summed E-state index contributed by atoms with van der Waals surface area (Å²) in [4.78, 5) is 35.9. The van der Waals surface area contributed by atoms with Gasteiger partial charge in [-0.2, -0.15) is 5.26 Å². The minimum Gasteiger partial charge on any atom is -0.477 e. The summed E-state index contributed by atoms with van der Waals surface area (Å²) in [5, 5.41) is 18.4. The van der Waals surface area contributed by atoms with Crippen LogP contribution in [-0.4, -0.2) is 28.2 Å². The first-order valence-corrected chi connectivity index (χ1v) is 8.50. The van der Waals surface area contributed by atoms with E-state index in [1.807, 2.05) is 13.8 Å². The Kier molecular flexibility index (Phi) is 6.31. The molecule has 0 aliphatic rings. The van der Waals surface area contributed by atoms with E-state index in [4.69, 9.17) is 4.74 Å². The topological polar surface area (TPSA) is 109 Å². The first kappa shape index (κ1) is 20.8. The number of rotatable bonds is 6. The quantitative estimate of drug-likeness (QED) is 0.604. The SMILES string of the molecule is CCOC(=O)C(C#N)c1cc2c(cc1F)c(=O)c(C(=O)O)cn2CC=C(C)C. The zero-order valence-electron chi connectivity index (χ0n) is 15.7. The smallest absolute Gasteiger partial charge is 0.341 e. The summed E-state index contributed by atoms with van der Waals surface area (Å²) in [6.45, 7) is 5.51. The molecule has 0 amide bonds. The summed E-state index contributed by atoms with van der Waals surface area (Å²) in [6.07, 6.45) is 2.96. The lowest BCUT2D eigenvalue weighted by Crippen LogP contribution is -2.20. The number of fused-ring (bicyclic) bond motifs is 1. The Bertz CT molecular complexity index is 1070. The van der Waals surface area contributed by atoms with E-state index in [9.17, 15) is 29.1 Å². The third-order valence-corrected chi connectivity index (χ3v) is 4.09. The zero-order valence-corrected chi connectivity index (χ0v) is 15.7. The number of carboxylic acid groups (broad SMARTS) is 1. The van der Waals surface area contributed by atoms with E-state index in [-0.39, 0.29) is 29.6 Å². The molecule has 0 saturated carbocycles. The number of pyridine rings is 1. The van der Waals surface area contributed by atoms with Crippen LogP contribution in [0.15, 0.2) is 34.8 Å². The number of hydrogen-bond donors (Lipinski definition) is 1. The highest BCUT2D eigenvalue weighted by molar-refractivity contribution is 5.93. The molecular weight excluding hydrogens is 367 g/mol. The molecule has 2 aromatic rings. The second-order valence-electron chi connectivity index (χ2n) is 6.32. The molecule has 7 nitrogen and oxygen atoms in total. The van der Waals surface area contributed by atoms with E-state index in [1.165, 1.54) is 16.8 Å². The fraction of sp³-hybridized carbons (Fsp3) is 0.300. The average molecular weight is 386 g/mol. The Labute approximate surface area is 160 Å². The molecule has 0 radical (unpaired) electrons. The van der Waals surface area contributed by atoms with Crippen LogP contribution in [0.2, 0.25) is 0 Å². The fourth-order valence-electron chi connectivity index (χ4n) is 2.71.